The summed E-state index contributed by atoms with van der Waals surface area (Å²) in [6.07, 6.45) is 2.43. The molecule has 9 nitrogen and oxygen atoms in total. The summed E-state index contributed by atoms with van der Waals surface area (Å²) in [4.78, 5) is 39.3. The van der Waals surface area contributed by atoms with Crippen LogP contribution in [-0.2, 0) is 4.79 Å². The average Bonchev–Trinajstić information content (AvgIpc) is 3.29. The molecule has 4 aliphatic rings. The summed E-state index contributed by atoms with van der Waals surface area (Å²) >= 11 is 0. The minimum atomic E-state index is -0.507. The van der Waals surface area contributed by atoms with Gasteiger partial charge >= 0.3 is 6.03 Å². The van der Waals surface area contributed by atoms with Crippen molar-refractivity contribution in [3.63, 3.8) is 0 Å². The second-order valence-corrected chi connectivity index (χ2v) is 8.68. The van der Waals surface area contributed by atoms with Crippen molar-refractivity contribution in [1.29, 1.82) is 0 Å². The number of urea groups is 1. The number of guanidine groups is 1. The number of benzene rings is 1. The Morgan fingerprint density at radius 1 is 1.09 bits per heavy atom. The van der Waals surface area contributed by atoms with Gasteiger partial charge in [0, 0.05) is 57.4 Å². The van der Waals surface area contributed by atoms with Crippen LogP contribution in [0.2, 0.25) is 0 Å². The number of anilines is 1. The van der Waals surface area contributed by atoms with Crippen molar-refractivity contribution in [2.45, 2.75) is 25.6 Å². The highest BCUT2D eigenvalue weighted by atomic mass is 19.1. The van der Waals surface area contributed by atoms with Gasteiger partial charge in [-0.2, -0.15) is 0 Å². The largest absolute Gasteiger partial charge is 0.369 e. The molecule has 4 heterocycles. The van der Waals surface area contributed by atoms with E-state index in [9.17, 15) is 14.0 Å². The van der Waals surface area contributed by atoms with Crippen molar-refractivity contribution in [2.75, 3.05) is 51.2 Å². The minimum absolute atomic E-state index is 0.206. The number of aliphatic imine (C=N–C) groups is 1. The highest BCUT2D eigenvalue weighted by Gasteiger charge is 2.51. The van der Waals surface area contributed by atoms with Gasteiger partial charge in [0.2, 0.25) is 5.96 Å². The highest BCUT2D eigenvalue weighted by Crippen LogP contribution is 2.31. The Kier molecular flexibility index (Phi) is 5.24. The van der Waals surface area contributed by atoms with Crippen LogP contribution in [0.25, 0.3) is 0 Å². The number of hydrogen-bond donors (Lipinski definition) is 1. The standard InChI is InChI=1S/C22H28FN7O2/c1-15-14-30-18-19(26(2)22(32)25-20(18)31)24-21(30)29(15)9-3-8-27-10-12-28(13-11-27)17-6-4-16(23)5-7-17/h4-7,14,18-19H,3,8-13H2,1-2H3,(H,25,31,32). The summed E-state index contributed by atoms with van der Waals surface area (Å²) in [6, 6.07) is 5.78. The molecule has 1 N–H and O–H groups in total. The van der Waals surface area contributed by atoms with Crippen molar-refractivity contribution < 1.29 is 14.0 Å². The number of allylic oxidation sites excluding steroid dienone is 1. The van der Waals surface area contributed by atoms with E-state index in [1.807, 2.05) is 30.2 Å². The molecule has 2 saturated heterocycles. The lowest BCUT2D eigenvalue weighted by Crippen LogP contribution is -2.62. The molecule has 0 bridgehead atoms. The molecule has 32 heavy (non-hydrogen) atoms. The first-order valence-corrected chi connectivity index (χ1v) is 11.0. The van der Waals surface area contributed by atoms with E-state index in [1.54, 1.807) is 7.05 Å². The van der Waals surface area contributed by atoms with E-state index in [0.29, 0.717) is 0 Å². The van der Waals surface area contributed by atoms with E-state index < -0.39 is 18.2 Å². The number of hydrogen-bond acceptors (Lipinski definition) is 7. The summed E-state index contributed by atoms with van der Waals surface area (Å²) < 4.78 is 13.2. The van der Waals surface area contributed by atoms with Gasteiger partial charge in [-0.1, -0.05) is 0 Å². The van der Waals surface area contributed by atoms with Gasteiger partial charge in [-0.3, -0.25) is 15.0 Å². The van der Waals surface area contributed by atoms with Gasteiger partial charge in [0.15, 0.2) is 12.2 Å². The maximum absolute atomic E-state index is 13.2. The first kappa shape index (κ1) is 20.7. The lowest BCUT2D eigenvalue weighted by atomic mass is 10.1. The van der Waals surface area contributed by atoms with E-state index in [-0.39, 0.29) is 11.7 Å². The first-order chi connectivity index (χ1) is 15.4. The zero-order valence-corrected chi connectivity index (χ0v) is 18.4. The fourth-order valence-corrected chi connectivity index (χ4v) is 4.86. The molecular weight excluding hydrogens is 413 g/mol. The van der Waals surface area contributed by atoms with Gasteiger partial charge in [-0.25, -0.2) is 14.2 Å². The van der Waals surface area contributed by atoms with Crippen LogP contribution in [0.1, 0.15) is 13.3 Å². The number of nitrogens with zero attached hydrogens (tertiary/aromatic N) is 6. The molecule has 2 unspecified atom stereocenters. The summed E-state index contributed by atoms with van der Waals surface area (Å²) in [5.41, 5.74) is 2.12. The Morgan fingerprint density at radius 2 is 1.81 bits per heavy atom. The number of carbonyl (C=O) groups is 2. The highest BCUT2D eigenvalue weighted by molar-refractivity contribution is 6.04. The normalized spacial score (nSPS) is 25.6. The van der Waals surface area contributed by atoms with Crippen LogP contribution in [0.5, 0.6) is 0 Å². The molecule has 5 rings (SSSR count). The van der Waals surface area contributed by atoms with Gasteiger partial charge < -0.3 is 19.6 Å². The molecule has 0 saturated carbocycles. The second-order valence-electron chi connectivity index (χ2n) is 8.68. The molecule has 170 valence electrons. The average molecular weight is 442 g/mol. The van der Waals surface area contributed by atoms with Gasteiger partial charge in [-0.05, 0) is 44.2 Å². The molecule has 1 aromatic carbocycles. The molecule has 3 amide bonds. The molecule has 1 aromatic rings. The Labute approximate surface area is 186 Å². The van der Waals surface area contributed by atoms with Gasteiger partial charge in [0.1, 0.15) is 5.82 Å². The Bertz CT molecular complexity index is 971. The van der Waals surface area contributed by atoms with Crippen molar-refractivity contribution in [1.82, 2.24) is 24.9 Å². The monoisotopic (exact) mass is 441 g/mol. The van der Waals surface area contributed by atoms with Gasteiger partial charge in [0.05, 0.1) is 0 Å². The number of piperazine rings is 1. The van der Waals surface area contributed by atoms with E-state index in [0.717, 1.165) is 63.0 Å². The molecule has 0 spiro atoms. The second kappa shape index (κ2) is 8.09. The Hall–Kier alpha value is -3.14. The fourth-order valence-electron chi connectivity index (χ4n) is 4.86. The zero-order chi connectivity index (χ0) is 22.4. The lowest BCUT2D eigenvalue weighted by molar-refractivity contribution is -0.126. The molecule has 0 aliphatic carbocycles. The maximum atomic E-state index is 13.2. The minimum Gasteiger partial charge on any atom is -0.369 e. The lowest BCUT2D eigenvalue weighted by Gasteiger charge is -2.36. The zero-order valence-electron chi connectivity index (χ0n) is 18.4. The number of amides is 3. The Balaban J connectivity index is 1.14. The van der Waals surface area contributed by atoms with Crippen molar-refractivity contribution in [3.8, 4) is 0 Å². The van der Waals surface area contributed by atoms with E-state index in [1.165, 1.54) is 17.0 Å². The predicted molar refractivity (Wildman–Crippen MR) is 118 cm³/mol. The van der Waals surface area contributed by atoms with Crippen LogP contribution in [0.4, 0.5) is 14.9 Å². The number of likely N-dealkylation sites (N-methyl/N-ethyl adjacent to an activating group) is 1. The molecule has 0 radical (unpaired) electrons. The molecule has 4 aliphatic heterocycles. The maximum Gasteiger partial charge on any atom is 0.325 e. The van der Waals surface area contributed by atoms with Crippen LogP contribution in [0.3, 0.4) is 0 Å². The molecular formula is C22H28FN7O2. The number of fused-ring (bicyclic) bond motifs is 3. The molecule has 0 aromatic heterocycles. The van der Waals surface area contributed by atoms with E-state index in [2.05, 4.69) is 20.0 Å². The van der Waals surface area contributed by atoms with Crippen LogP contribution >= 0.6 is 0 Å². The number of rotatable bonds is 5. The molecule has 10 heteroatoms. The van der Waals surface area contributed by atoms with Crippen molar-refractivity contribution in [2.24, 2.45) is 4.99 Å². The van der Waals surface area contributed by atoms with E-state index in [4.69, 9.17) is 4.99 Å². The SMILES string of the molecule is CC1=CN2C(=NC3C2C(=O)NC(=O)N3C)N1CCCN1CCN(c2ccc(F)cc2)CC1. The topological polar surface area (TPSA) is 74.7 Å². The first-order valence-electron chi connectivity index (χ1n) is 11.0. The molecule has 2 atom stereocenters. The summed E-state index contributed by atoms with van der Waals surface area (Å²) in [6.45, 7) is 7.58. The van der Waals surface area contributed by atoms with Gasteiger partial charge in [-0.15, -0.1) is 0 Å². The third-order valence-electron chi connectivity index (χ3n) is 6.69. The van der Waals surface area contributed by atoms with Gasteiger partial charge in [0.25, 0.3) is 5.91 Å². The predicted octanol–water partition coefficient (Wildman–Crippen LogP) is 1.06. The summed E-state index contributed by atoms with van der Waals surface area (Å²) in [5.74, 6) is 0.235. The summed E-state index contributed by atoms with van der Waals surface area (Å²) in [7, 11) is 1.66. The third-order valence-corrected chi connectivity index (χ3v) is 6.69. The van der Waals surface area contributed by atoms with Crippen LogP contribution < -0.4 is 10.2 Å². The Morgan fingerprint density at radius 3 is 2.53 bits per heavy atom. The van der Waals surface area contributed by atoms with Crippen LogP contribution in [-0.4, -0.2) is 96.0 Å². The van der Waals surface area contributed by atoms with Crippen molar-refractivity contribution in [3.05, 3.63) is 42.0 Å². The fraction of sp³-hybridized carbons (Fsp3) is 0.500. The van der Waals surface area contributed by atoms with Crippen LogP contribution in [0.15, 0.2) is 41.2 Å². The third kappa shape index (κ3) is 3.58. The quantitative estimate of drug-likeness (QED) is 0.737. The number of nitrogens with one attached hydrogen (secondary N) is 1. The smallest absolute Gasteiger partial charge is 0.325 e. The number of carbonyl (C=O) groups excluding carboxylic acids is 2. The number of imide groups is 1. The van der Waals surface area contributed by atoms with E-state index >= 15 is 0 Å². The van der Waals surface area contributed by atoms with Crippen molar-refractivity contribution >= 4 is 23.6 Å². The summed E-state index contributed by atoms with van der Waals surface area (Å²) in [5, 5.41) is 2.40. The molecule has 2 fully saturated rings. The number of halogens is 1. The van der Waals surface area contributed by atoms with Crippen LogP contribution in [0, 0.1) is 5.82 Å².